The monoisotopic (exact) mass is 303 g/mol. The maximum Gasteiger partial charge on any atom is 0.257 e. The average molecular weight is 304 g/mol. The number of pyridine rings is 1. The molecule has 0 fully saturated rings. The number of halogens is 1. The third-order valence-electron chi connectivity index (χ3n) is 3.13. The summed E-state index contributed by atoms with van der Waals surface area (Å²) in [6, 6.07) is 9.17. The van der Waals surface area contributed by atoms with E-state index < -0.39 is 0 Å². The van der Waals surface area contributed by atoms with Gasteiger partial charge in [-0.25, -0.2) is 4.98 Å². The number of rotatable bonds is 2. The van der Waals surface area contributed by atoms with Crippen LogP contribution in [-0.4, -0.2) is 10.9 Å². The lowest BCUT2D eigenvalue weighted by Crippen LogP contribution is -2.19. The quantitative estimate of drug-likeness (QED) is 0.828. The van der Waals surface area contributed by atoms with Gasteiger partial charge in [0.05, 0.1) is 17.4 Å². The number of anilines is 2. The fourth-order valence-corrected chi connectivity index (χ4v) is 2.23. The van der Waals surface area contributed by atoms with Crippen molar-refractivity contribution >= 4 is 28.9 Å². The van der Waals surface area contributed by atoms with Gasteiger partial charge in [-0.1, -0.05) is 50.6 Å². The number of nitrogen functional groups attached to an aromatic ring is 1. The third-order valence-corrected chi connectivity index (χ3v) is 3.34. The Labute approximate surface area is 129 Å². The topological polar surface area (TPSA) is 68.0 Å². The minimum atomic E-state index is -0.298. The van der Waals surface area contributed by atoms with Crippen molar-refractivity contribution in [2.24, 2.45) is 0 Å². The van der Waals surface area contributed by atoms with Crippen LogP contribution < -0.4 is 11.1 Å². The van der Waals surface area contributed by atoms with Crippen LogP contribution in [-0.2, 0) is 5.41 Å². The number of carbonyl (C=O) groups is 1. The maximum absolute atomic E-state index is 12.4. The summed E-state index contributed by atoms with van der Waals surface area (Å²) in [6.45, 7) is 6.28. The van der Waals surface area contributed by atoms with Crippen molar-refractivity contribution in [3.05, 3.63) is 52.8 Å². The molecule has 0 aliphatic heterocycles. The van der Waals surface area contributed by atoms with Crippen molar-refractivity contribution in [3.63, 3.8) is 0 Å². The van der Waals surface area contributed by atoms with Gasteiger partial charge in [-0.15, -0.1) is 0 Å². The van der Waals surface area contributed by atoms with E-state index in [0.29, 0.717) is 11.3 Å². The zero-order valence-corrected chi connectivity index (χ0v) is 13.0. The number of nitrogens with one attached hydrogen (secondary N) is 1. The van der Waals surface area contributed by atoms with E-state index in [1.54, 1.807) is 0 Å². The molecule has 5 heteroatoms. The highest BCUT2D eigenvalue weighted by Crippen LogP contribution is 2.29. The summed E-state index contributed by atoms with van der Waals surface area (Å²) in [5.74, 6) is -0.298. The van der Waals surface area contributed by atoms with Crippen molar-refractivity contribution in [3.8, 4) is 0 Å². The molecule has 4 nitrogen and oxygen atoms in total. The summed E-state index contributed by atoms with van der Waals surface area (Å²) in [5, 5.41) is 3.13. The molecule has 0 saturated carbocycles. The second-order valence-corrected chi connectivity index (χ2v) is 6.23. The summed E-state index contributed by atoms with van der Waals surface area (Å²) in [7, 11) is 0. The molecule has 0 saturated heterocycles. The van der Waals surface area contributed by atoms with Gasteiger partial charge in [0.2, 0.25) is 0 Å². The van der Waals surface area contributed by atoms with Gasteiger partial charge in [0.15, 0.2) is 0 Å². The van der Waals surface area contributed by atoms with Crippen molar-refractivity contribution < 1.29 is 4.79 Å². The van der Waals surface area contributed by atoms with E-state index in [1.165, 1.54) is 12.3 Å². The van der Waals surface area contributed by atoms with Crippen molar-refractivity contribution in [2.75, 3.05) is 11.1 Å². The second kappa shape index (κ2) is 5.74. The van der Waals surface area contributed by atoms with Gasteiger partial charge in [-0.2, -0.15) is 0 Å². The molecular formula is C16H18ClN3O. The molecule has 0 aliphatic carbocycles. The Morgan fingerprint density at radius 3 is 2.62 bits per heavy atom. The van der Waals surface area contributed by atoms with E-state index in [0.717, 1.165) is 11.3 Å². The molecule has 110 valence electrons. The van der Waals surface area contributed by atoms with Crippen LogP contribution in [0.5, 0.6) is 0 Å². The third kappa shape index (κ3) is 3.52. The molecule has 2 aromatic rings. The highest BCUT2D eigenvalue weighted by molar-refractivity contribution is 6.30. The zero-order valence-electron chi connectivity index (χ0n) is 12.3. The molecule has 0 unspecified atom stereocenters. The van der Waals surface area contributed by atoms with Gasteiger partial charge in [-0.3, -0.25) is 4.79 Å². The molecule has 1 aromatic heterocycles. The standard InChI is InChI=1S/C16H18ClN3O/c1-16(2,3)11-6-4-5-7-13(11)20-15(21)10-8-14(17)19-9-12(10)18/h4-9H,18H2,1-3H3,(H,20,21). The minimum absolute atomic E-state index is 0.0781. The summed E-state index contributed by atoms with van der Waals surface area (Å²) in [4.78, 5) is 16.2. The number of aromatic nitrogens is 1. The lowest BCUT2D eigenvalue weighted by Gasteiger charge is -2.23. The van der Waals surface area contributed by atoms with Crippen LogP contribution in [0.15, 0.2) is 36.5 Å². The largest absolute Gasteiger partial charge is 0.397 e. The summed E-state index contributed by atoms with van der Waals surface area (Å²) in [5.41, 5.74) is 8.14. The maximum atomic E-state index is 12.4. The van der Waals surface area contributed by atoms with E-state index in [2.05, 4.69) is 31.1 Å². The van der Waals surface area contributed by atoms with Crippen molar-refractivity contribution in [1.29, 1.82) is 0 Å². The molecule has 1 aromatic carbocycles. The molecule has 1 heterocycles. The zero-order chi connectivity index (χ0) is 15.6. The smallest absolute Gasteiger partial charge is 0.257 e. The van der Waals surface area contributed by atoms with Crippen LogP contribution in [0.3, 0.4) is 0 Å². The molecule has 0 bridgehead atoms. The molecule has 0 spiro atoms. The van der Waals surface area contributed by atoms with Gasteiger partial charge < -0.3 is 11.1 Å². The Bertz CT molecular complexity index is 677. The molecule has 0 aliphatic rings. The first kappa shape index (κ1) is 15.3. The van der Waals surface area contributed by atoms with E-state index in [4.69, 9.17) is 17.3 Å². The van der Waals surface area contributed by atoms with Crippen molar-refractivity contribution in [1.82, 2.24) is 4.98 Å². The lowest BCUT2D eigenvalue weighted by atomic mass is 9.86. The molecule has 3 N–H and O–H groups in total. The van der Waals surface area contributed by atoms with E-state index in [1.807, 2.05) is 24.3 Å². The Morgan fingerprint density at radius 2 is 1.95 bits per heavy atom. The van der Waals surface area contributed by atoms with Gasteiger partial charge >= 0.3 is 0 Å². The van der Waals surface area contributed by atoms with Crippen molar-refractivity contribution in [2.45, 2.75) is 26.2 Å². The van der Waals surface area contributed by atoms with Gasteiger partial charge in [-0.05, 0) is 23.1 Å². The Hall–Kier alpha value is -2.07. The number of benzene rings is 1. The Morgan fingerprint density at radius 1 is 1.29 bits per heavy atom. The van der Waals surface area contributed by atoms with E-state index in [-0.39, 0.29) is 16.5 Å². The summed E-state index contributed by atoms with van der Waals surface area (Å²) >= 11 is 5.82. The molecule has 21 heavy (non-hydrogen) atoms. The predicted molar refractivity (Wildman–Crippen MR) is 86.8 cm³/mol. The van der Waals surface area contributed by atoms with Gasteiger partial charge in [0, 0.05) is 5.69 Å². The van der Waals surface area contributed by atoms with Crippen LogP contribution in [0.25, 0.3) is 0 Å². The highest BCUT2D eigenvalue weighted by Gasteiger charge is 2.19. The highest BCUT2D eigenvalue weighted by atomic mass is 35.5. The van der Waals surface area contributed by atoms with Gasteiger partial charge in [0.25, 0.3) is 5.91 Å². The average Bonchev–Trinajstić information content (AvgIpc) is 2.41. The van der Waals surface area contributed by atoms with Crippen LogP contribution in [0.1, 0.15) is 36.7 Å². The number of nitrogens with zero attached hydrogens (tertiary/aromatic N) is 1. The van der Waals surface area contributed by atoms with E-state index in [9.17, 15) is 4.79 Å². The molecule has 2 rings (SSSR count). The molecule has 0 radical (unpaired) electrons. The fourth-order valence-electron chi connectivity index (χ4n) is 2.07. The normalized spacial score (nSPS) is 11.2. The van der Waals surface area contributed by atoms with Crippen LogP contribution in [0, 0.1) is 0 Å². The molecule has 1 amide bonds. The predicted octanol–water partition coefficient (Wildman–Crippen LogP) is 3.87. The summed E-state index contributed by atoms with van der Waals surface area (Å²) in [6.07, 6.45) is 1.38. The first-order chi connectivity index (χ1) is 9.79. The number of amides is 1. The first-order valence-electron chi connectivity index (χ1n) is 6.61. The van der Waals surface area contributed by atoms with Crippen LogP contribution in [0.2, 0.25) is 5.15 Å². The second-order valence-electron chi connectivity index (χ2n) is 5.84. The summed E-state index contributed by atoms with van der Waals surface area (Å²) < 4.78 is 0. The number of carbonyl (C=O) groups excluding carboxylic acids is 1. The number of hydrogen-bond donors (Lipinski definition) is 2. The first-order valence-corrected chi connectivity index (χ1v) is 6.98. The van der Waals surface area contributed by atoms with Gasteiger partial charge in [0.1, 0.15) is 5.15 Å². The molecular weight excluding hydrogens is 286 g/mol. The van der Waals surface area contributed by atoms with Crippen LogP contribution in [0.4, 0.5) is 11.4 Å². The lowest BCUT2D eigenvalue weighted by molar-refractivity contribution is 0.102. The SMILES string of the molecule is CC(C)(C)c1ccccc1NC(=O)c1cc(Cl)ncc1N. The Kier molecular flexibility index (Phi) is 4.19. The van der Waals surface area contributed by atoms with E-state index >= 15 is 0 Å². The van der Waals surface area contributed by atoms with Crippen LogP contribution >= 0.6 is 11.6 Å². The number of hydrogen-bond acceptors (Lipinski definition) is 3. The Balaban J connectivity index is 2.35. The number of para-hydroxylation sites is 1. The molecule has 0 atom stereocenters. The fraction of sp³-hybridized carbons (Fsp3) is 0.250. The number of nitrogens with two attached hydrogens (primary N) is 1. The minimum Gasteiger partial charge on any atom is -0.397 e.